The molecule has 0 saturated carbocycles. The van der Waals surface area contributed by atoms with Gasteiger partial charge in [-0.1, -0.05) is 36.4 Å². The van der Waals surface area contributed by atoms with Gasteiger partial charge in [-0.2, -0.15) is 0 Å². The molecule has 0 aliphatic carbocycles. The molecule has 1 N–H and O–H groups in total. The number of para-hydroxylation sites is 2. The molecule has 1 fully saturated rings. The number of ether oxygens (including phenoxy) is 2. The van der Waals surface area contributed by atoms with Gasteiger partial charge in [0.15, 0.2) is 5.79 Å². The maximum Gasteiger partial charge on any atom is 0.194 e. The fourth-order valence-corrected chi connectivity index (χ4v) is 2.92. The Bertz CT molecular complexity index is 754. The number of benzene rings is 2. The second-order valence-electron chi connectivity index (χ2n) is 5.04. The van der Waals surface area contributed by atoms with Crippen molar-refractivity contribution in [2.45, 2.75) is 12.7 Å². The highest BCUT2D eigenvalue weighted by Gasteiger charge is 2.35. The van der Waals surface area contributed by atoms with Gasteiger partial charge in [-0.3, -0.25) is 0 Å². The van der Waals surface area contributed by atoms with E-state index in [1.54, 1.807) is 0 Å². The molecule has 3 nitrogen and oxygen atoms in total. The summed E-state index contributed by atoms with van der Waals surface area (Å²) in [5.41, 5.74) is 3.32. The molecule has 2 aromatic carbocycles. The summed E-state index contributed by atoms with van der Waals surface area (Å²) in [5, 5.41) is 2.45. The Labute approximate surface area is 111 Å². The average molecular weight is 253 g/mol. The first-order chi connectivity index (χ1) is 9.28. The smallest absolute Gasteiger partial charge is 0.194 e. The van der Waals surface area contributed by atoms with Gasteiger partial charge in [0.05, 0.1) is 18.7 Å². The molecule has 2 heterocycles. The highest BCUT2D eigenvalue weighted by molar-refractivity contribution is 6.08. The van der Waals surface area contributed by atoms with Crippen LogP contribution < -0.4 is 0 Å². The van der Waals surface area contributed by atoms with Crippen molar-refractivity contribution in [1.29, 1.82) is 0 Å². The van der Waals surface area contributed by atoms with Gasteiger partial charge in [0, 0.05) is 21.9 Å². The van der Waals surface area contributed by atoms with Crippen LogP contribution in [-0.4, -0.2) is 18.2 Å². The first-order valence-electron chi connectivity index (χ1n) is 6.56. The van der Waals surface area contributed by atoms with E-state index in [0.29, 0.717) is 13.2 Å². The Kier molecular flexibility index (Phi) is 2.22. The van der Waals surface area contributed by atoms with Gasteiger partial charge < -0.3 is 14.5 Å². The molecule has 0 unspecified atom stereocenters. The fraction of sp³-hybridized carbons (Fsp3) is 0.250. The Balaban J connectivity index is 2.06. The van der Waals surface area contributed by atoms with Gasteiger partial charge in [-0.25, -0.2) is 0 Å². The highest BCUT2D eigenvalue weighted by atomic mass is 16.7. The van der Waals surface area contributed by atoms with Gasteiger partial charge in [0.1, 0.15) is 0 Å². The summed E-state index contributed by atoms with van der Waals surface area (Å²) < 4.78 is 11.6. The second kappa shape index (κ2) is 3.83. The van der Waals surface area contributed by atoms with Crippen molar-refractivity contribution < 1.29 is 9.47 Å². The van der Waals surface area contributed by atoms with Crippen molar-refractivity contribution in [3.8, 4) is 0 Å². The lowest BCUT2D eigenvalue weighted by Crippen LogP contribution is -2.22. The zero-order chi connectivity index (χ0) is 12.9. The Hall–Kier alpha value is -1.84. The molecule has 3 heteroatoms. The number of H-pyrrole nitrogens is 1. The number of hydrogen-bond acceptors (Lipinski definition) is 2. The maximum atomic E-state index is 5.79. The van der Waals surface area contributed by atoms with Crippen LogP contribution in [0.2, 0.25) is 0 Å². The van der Waals surface area contributed by atoms with Crippen molar-refractivity contribution in [2.75, 3.05) is 13.2 Å². The quantitative estimate of drug-likeness (QED) is 0.719. The number of rotatable bonds is 1. The molecule has 3 aromatic rings. The molecule has 1 saturated heterocycles. The Morgan fingerprint density at radius 3 is 2.53 bits per heavy atom. The van der Waals surface area contributed by atoms with Crippen LogP contribution in [-0.2, 0) is 15.3 Å². The number of aromatic amines is 1. The molecular formula is C16H15NO2. The summed E-state index contributed by atoms with van der Waals surface area (Å²) in [5.74, 6) is -0.639. The van der Waals surface area contributed by atoms with Gasteiger partial charge in [-0.05, 0) is 13.0 Å². The molecule has 0 atom stereocenters. The molecule has 0 spiro atoms. The molecular weight excluding hydrogens is 238 g/mol. The largest absolute Gasteiger partial charge is 0.354 e. The molecule has 0 radical (unpaired) electrons. The summed E-state index contributed by atoms with van der Waals surface area (Å²) >= 11 is 0. The van der Waals surface area contributed by atoms with E-state index in [0.717, 1.165) is 16.6 Å². The zero-order valence-electron chi connectivity index (χ0n) is 10.8. The number of fused-ring (bicyclic) bond motifs is 3. The van der Waals surface area contributed by atoms with Crippen molar-refractivity contribution >= 4 is 21.8 Å². The van der Waals surface area contributed by atoms with Crippen molar-refractivity contribution in [3.05, 3.63) is 48.0 Å². The normalized spacial score (nSPS) is 18.4. The fourth-order valence-electron chi connectivity index (χ4n) is 2.92. The minimum atomic E-state index is -0.639. The summed E-state index contributed by atoms with van der Waals surface area (Å²) in [6.45, 7) is 3.28. The molecule has 4 rings (SSSR count). The summed E-state index contributed by atoms with van der Waals surface area (Å²) in [4.78, 5) is 3.49. The second-order valence-corrected chi connectivity index (χ2v) is 5.04. The van der Waals surface area contributed by atoms with Crippen molar-refractivity contribution in [3.63, 3.8) is 0 Å². The predicted molar refractivity (Wildman–Crippen MR) is 75.1 cm³/mol. The van der Waals surface area contributed by atoms with Gasteiger partial charge in [0.25, 0.3) is 0 Å². The van der Waals surface area contributed by atoms with Gasteiger partial charge >= 0.3 is 0 Å². The third kappa shape index (κ3) is 1.52. The standard InChI is InChI=1S/C16H15NO2/c1-16(18-9-10-19-16)13-7-4-6-12-11-5-2-3-8-14(11)17-15(12)13/h2-8,17H,9-10H2,1H3. The third-order valence-corrected chi connectivity index (χ3v) is 3.87. The molecule has 0 amide bonds. The van der Waals surface area contributed by atoms with E-state index in [1.807, 2.05) is 13.0 Å². The van der Waals surface area contributed by atoms with Crippen LogP contribution in [0, 0.1) is 0 Å². The molecule has 1 aliphatic rings. The van der Waals surface area contributed by atoms with Crippen LogP contribution in [0.15, 0.2) is 42.5 Å². The monoisotopic (exact) mass is 253 g/mol. The first kappa shape index (κ1) is 11.0. The lowest BCUT2D eigenvalue weighted by Gasteiger charge is -2.23. The Morgan fingerprint density at radius 1 is 0.947 bits per heavy atom. The molecule has 1 aliphatic heterocycles. The van der Waals surface area contributed by atoms with Crippen molar-refractivity contribution in [2.24, 2.45) is 0 Å². The summed E-state index contributed by atoms with van der Waals surface area (Å²) in [7, 11) is 0. The van der Waals surface area contributed by atoms with Crippen LogP contribution in [0.25, 0.3) is 21.8 Å². The maximum absolute atomic E-state index is 5.79. The number of hydrogen-bond donors (Lipinski definition) is 1. The molecule has 96 valence electrons. The molecule has 19 heavy (non-hydrogen) atoms. The number of nitrogens with one attached hydrogen (secondary N) is 1. The van der Waals surface area contributed by atoms with Crippen molar-refractivity contribution in [1.82, 2.24) is 4.98 Å². The van der Waals surface area contributed by atoms with Crippen LogP contribution in [0.5, 0.6) is 0 Å². The number of aromatic nitrogens is 1. The van der Waals surface area contributed by atoms with Crippen LogP contribution in [0.1, 0.15) is 12.5 Å². The minimum Gasteiger partial charge on any atom is -0.354 e. The highest BCUT2D eigenvalue weighted by Crippen LogP contribution is 2.37. The third-order valence-electron chi connectivity index (χ3n) is 3.87. The van der Waals surface area contributed by atoms with E-state index in [9.17, 15) is 0 Å². The SMILES string of the molecule is CC1(c2cccc3c2[nH]c2ccccc23)OCCO1. The van der Waals surface area contributed by atoms with Gasteiger partial charge in [-0.15, -0.1) is 0 Å². The van der Waals surface area contributed by atoms with Crippen LogP contribution in [0.4, 0.5) is 0 Å². The minimum absolute atomic E-state index is 0.639. The van der Waals surface area contributed by atoms with E-state index >= 15 is 0 Å². The Morgan fingerprint density at radius 2 is 1.68 bits per heavy atom. The zero-order valence-corrected chi connectivity index (χ0v) is 10.8. The van der Waals surface area contributed by atoms with E-state index < -0.39 is 5.79 Å². The van der Waals surface area contributed by atoms with Crippen LogP contribution in [0.3, 0.4) is 0 Å². The first-order valence-corrected chi connectivity index (χ1v) is 6.56. The van der Waals surface area contributed by atoms with Crippen LogP contribution >= 0.6 is 0 Å². The van der Waals surface area contributed by atoms with E-state index in [2.05, 4.69) is 41.4 Å². The van der Waals surface area contributed by atoms with Gasteiger partial charge in [0.2, 0.25) is 0 Å². The lowest BCUT2D eigenvalue weighted by atomic mass is 10.0. The van der Waals surface area contributed by atoms with E-state index in [-0.39, 0.29) is 0 Å². The summed E-state index contributed by atoms with van der Waals surface area (Å²) in [6, 6.07) is 14.6. The summed E-state index contributed by atoms with van der Waals surface area (Å²) in [6.07, 6.45) is 0. The average Bonchev–Trinajstić information content (AvgIpc) is 3.02. The molecule has 0 bridgehead atoms. The molecule has 1 aromatic heterocycles. The predicted octanol–water partition coefficient (Wildman–Crippen LogP) is 3.54. The lowest BCUT2D eigenvalue weighted by molar-refractivity contribution is -0.148. The topological polar surface area (TPSA) is 34.2 Å². The van der Waals surface area contributed by atoms with E-state index in [4.69, 9.17) is 9.47 Å². The van der Waals surface area contributed by atoms with E-state index in [1.165, 1.54) is 10.8 Å².